The minimum absolute atomic E-state index is 0.0683. The summed E-state index contributed by atoms with van der Waals surface area (Å²) in [6, 6.07) is 5.32. The molecule has 1 rings (SSSR count). The first-order valence-electron chi connectivity index (χ1n) is 7.15. The maximum Gasteiger partial charge on any atom is 0.244 e. The van der Waals surface area contributed by atoms with Gasteiger partial charge in [-0.1, -0.05) is 19.9 Å². The van der Waals surface area contributed by atoms with Gasteiger partial charge in [0.2, 0.25) is 10.0 Å². The zero-order valence-electron chi connectivity index (χ0n) is 13.4. The normalized spacial score (nSPS) is 12.6. The molecule has 1 aromatic carbocycles. The minimum atomic E-state index is -3.49. The Morgan fingerprint density at radius 2 is 1.86 bits per heavy atom. The lowest BCUT2D eigenvalue weighted by Gasteiger charge is -2.28. The van der Waals surface area contributed by atoms with Gasteiger partial charge in [-0.3, -0.25) is 0 Å². The lowest BCUT2D eigenvalue weighted by atomic mass is 10.2. The number of halogens is 1. The molecule has 0 bridgehead atoms. The van der Waals surface area contributed by atoms with Crippen LogP contribution in [-0.2, 0) is 16.6 Å². The van der Waals surface area contributed by atoms with Gasteiger partial charge in [-0.2, -0.15) is 4.31 Å². The number of hydrogen-bond acceptors (Lipinski definition) is 3. The number of sulfonamides is 1. The average Bonchev–Trinajstić information content (AvgIpc) is 2.35. The van der Waals surface area contributed by atoms with Crippen molar-refractivity contribution >= 4 is 26.0 Å². The summed E-state index contributed by atoms with van der Waals surface area (Å²) in [6.07, 6.45) is 0. The quantitative estimate of drug-likeness (QED) is 0.794. The van der Waals surface area contributed by atoms with E-state index in [1.807, 2.05) is 46.9 Å². The van der Waals surface area contributed by atoms with Crippen LogP contribution in [0.1, 0.15) is 33.3 Å². The van der Waals surface area contributed by atoms with E-state index in [1.165, 1.54) is 0 Å². The highest BCUT2D eigenvalue weighted by Gasteiger charge is 2.29. The van der Waals surface area contributed by atoms with Crippen LogP contribution in [0, 0.1) is 5.92 Å². The third-order valence-electron chi connectivity index (χ3n) is 3.08. The summed E-state index contributed by atoms with van der Waals surface area (Å²) in [6.45, 7) is 9.09. The van der Waals surface area contributed by atoms with Crippen LogP contribution in [0.4, 0.5) is 0 Å². The lowest BCUT2D eigenvalue weighted by Crippen LogP contribution is -2.39. The molecule has 4 nitrogen and oxygen atoms in total. The van der Waals surface area contributed by atoms with Crippen molar-refractivity contribution in [3.63, 3.8) is 0 Å². The Bertz CT molecular complexity index is 571. The third-order valence-corrected chi connectivity index (χ3v) is 6.10. The van der Waals surface area contributed by atoms with E-state index in [1.54, 1.807) is 10.4 Å². The standard InChI is InChI=1S/C15H25BrN2O2S/c1-11(2)10-18(12(3)4)21(19,20)15-7-6-13(9-17-5)8-14(15)16/h6-8,11-12,17H,9-10H2,1-5H3. The molecule has 120 valence electrons. The van der Waals surface area contributed by atoms with Gasteiger partial charge in [0.05, 0.1) is 4.90 Å². The molecule has 0 aromatic heterocycles. The number of nitrogens with zero attached hydrogens (tertiary/aromatic N) is 1. The number of benzene rings is 1. The largest absolute Gasteiger partial charge is 0.316 e. The van der Waals surface area contributed by atoms with Crippen molar-refractivity contribution in [2.75, 3.05) is 13.6 Å². The Labute approximate surface area is 137 Å². The van der Waals surface area contributed by atoms with Crippen LogP contribution < -0.4 is 5.32 Å². The maximum atomic E-state index is 12.9. The lowest BCUT2D eigenvalue weighted by molar-refractivity contribution is 0.318. The molecule has 6 heteroatoms. The molecule has 0 radical (unpaired) electrons. The highest BCUT2D eigenvalue weighted by atomic mass is 79.9. The molecule has 0 amide bonds. The van der Waals surface area contributed by atoms with Crippen molar-refractivity contribution in [3.05, 3.63) is 28.2 Å². The fourth-order valence-corrected chi connectivity index (χ4v) is 5.03. The molecule has 0 spiro atoms. The van der Waals surface area contributed by atoms with E-state index in [9.17, 15) is 8.42 Å². The second-order valence-corrected chi connectivity index (χ2v) is 8.57. The average molecular weight is 377 g/mol. The van der Waals surface area contributed by atoms with Crippen LogP contribution in [0.2, 0.25) is 0 Å². The van der Waals surface area contributed by atoms with Crippen LogP contribution >= 0.6 is 15.9 Å². The first kappa shape index (κ1) is 18.6. The van der Waals surface area contributed by atoms with Crippen molar-refractivity contribution in [1.29, 1.82) is 0 Å². The molecular formula is C15H25BrN2O2S. The second kappa shape index (κ2) is 7.72. The monoisotopic (exact) mass is 376 g/mol. The Balaban J connectivity index is 3.22. The van der Waals surface area contributed by atoms with Gasteiger partial charge in [0.15, 0.2) is 0 Å². The van der Waals surface area contributed by atoms with E-state index in [-0.39, 0.29) is 12.0 Å². The number of nitrogens with one attached hydrogen (secondary N) is 1. The minimum Gasteiger partial charge on any atom is -0.316 e. The summed E-state index contributed by atoms with van der Waals surface area (Å²) in [5.41, 5.74) is 1.04. The van der Waals surface area contributed by atoms with Gasteiger partial charge in [-0.15, -0.1) is 0 Å². The SMILES string of the molecule is CNCc1ccc(S(=O)(=O)N(CC(C)C)C(C)C)c(Br)c1. The topological polar surface area (TPSA) is 49.4 Å². The fourth-order valence-electron chi connectivity index (χ4n) is 2.14. The first-order chi connectivity index (χ1) is 9.70. The predicted octanol–water partition coefficient (Wildman–Crippen LogP) is 3.22. The molecule has 0 fully saturated rings. The third kappa shape index (κ3) is 4.77. The summed E-state index contributed by atoms with van der Waals surface area (Å²) >= 11 is 3.40. The van der Waals surface area contributed by atoms with E-state index < -0.39 is 10.0 Å². The molecule has 0 unspecified atom stereocenters. The van der Waals surface area contributed by atoms with Crippen LogP contribution in [0.15, 0.2) is 27.6 Å². The zero-order chi connectivity index (χ0) is 16.2. The number of rotatable bonds is 7. The van der Waals surface area contributed by atoms with Gasteiger partial charge in [0.1, 0.15) is 0 Å². The van der Waals surface area contributed by atoms with Crippen molar-refractivity contribution in [3.8, 4) is 0 Å². The summed E-state index contributed by atoms with van der Waals surface area (Å²) < 4.78 is 27.9. The Kier molecular flexibility index (Phi) is 6.84. The molecule has 0 saturated carbocycles. The van der Waals surface area contributed by atoms with Crippen molar-refractivity contribution in [2.24, 2.45) is 5.92 Å². The maximum absolute atomic E-state index is 12.9. The molecule has 1 aromatic rings. The van der Waals surface area contributed by atoms with E-state index in [4.69, 9.17) is 0 Å². The van der Waals surface area contributed by atoms with Crippen LogP contribution in [0.3, 0.4) is 0 Å². The van der Waals surface area contributed by atoms with E-state index in [2.05, 4.69) is 21.2 Å². The first-order valence-corrected chi connectivity index (χ1v) is 9.38. The molecule has 0 aliphatic carbocycles. The van der Waals surface area contributed by atoms with Gasteiger partial charge < -0.3 is 5.32 Å². The fraction of sp³-hybridized carbons (Fsp3) is 0.600. The van der Waals surface area contributed by atoms with E-state index >= 15 is 0 Å². The molecule has 1 N–H and O–H groups in total. The summed E-state index contributed by atoms with van der Waals surface area (Å²) in [5.74, 6) is 0.282. The molecule has 21 heavy (non-hydrogen) atoms. The Morgan fingerprint density at radius 1 is 1.24 bits per heavy atom. The van der Waals surface area contributed by atoms with Gasteiger partial charge >= 0.3 is 0 Å². The van der Waals surface area contributed by atoms with Gasteiger partial charge in [0.25, 0.3) is 0 Å². The molecule has 0 saturated heterocycles. The zero-order valence-corrected chi connectivity index (χ0v) is 15.8. The van der Waals surface area contributed by atoms with Crippen molar-refractivity contribution in [1.82, 2.24) is 9.62 Å². The molecule has 0 aliphatic heterocycles. The molecule has 0 aliphatic rings. The van der Waals surface area contributed by atoms with Gasteiger partial charge in [-0.05, 0) is 60.4 Å². The summed E-state index contributed by atoms with van der Waals surface area (Å²) in [4.78, 5) is 0.330. The van der Waals surface area contributed by atoms with Gasteiger partial charge in [-0.25, -0.2) is 8.42 Å². The highest BCUT2D eigenvalue weighted by molar-refractivity contribution is 9.10. The Morgan fingerprint density at radius 3 is 2.29 bits per heavy atom. The number of hydrogen-bond donors (Lipinski definition) is 1. The highest BCUT2D eigenvalue weighted by Crippen LogP contribution is 2.28. The summed E-state index contributed by atoms with van der Waals surface area (Å²) in [7, 11) is -1.63. The molecular weight excluding hydrogens is 352 g/mol. The summed E-state index contributed by atoms with van der Waals surface area (Å²) in [5, 5.41) is 3.06. The van der Waals surface area contributed by atoms with Gasteiger partial charge in [0, 0.05) is 23.6 Å². The smallest absolute Gasteiger partial charge is 0.244 e. The van der Waals surface area contributed by atoms with E-state index in [0.29, 0.717) is 22.5 Å². The molecule has 0 heterocycles. The Hall–Kier alpha value is -0.430. The van der Waals surface area contributed by atoms with Crippen LogP contribution in [0.5, 0.6) is 0 Å². The van der Waals surface area contributed by atoms with Crippen LogP contribution in [-0.4, -0.2) is 32.4 Å². The molecule has 0 atom stereocenters. The second-order valence-electron chi connectivity index (χ2n) is 5.86. The van der Waals surface area contributed by atoms with Crippen molar-refractivity contribution in [2.45, 2.75) is 45.2 Å². The predicted molar refractivity (Wildman–Crippen MR) is 90.8 cm³/mol. The van der Waals surface area contributed by atoms with E-state index in [0.717, 1.165) is 5.56 Å². The van der Waals surface area contributed by atoms with Crippen LogP contribution in [0.25, 0.3) is 0 Å². The van der Waals surface area contributed by atoms with Crippen molar-refractivity contribution < 1.29 is 8.42 Å².